The maximum atomic E-state index is 8.33. The monoisotopic (exact) mass is 213 g/mol. The molecule has 0 atom stereocenters. The van der Waals surface area contributed by atoms with Gasteiger partial charge in [-0.1, -0.05) is 22.8 Å². The van der Waals surface area contributed by atoms with Crippen molar-refractivity contribution in [1.29, 1.82) is 0 Å². The summed E-state index contributed by atoms with van der Waals surface area (Å²) in [5.41, 5.74) is 7.17. The summed E-state index contributed by atoms with van der Waals surface area (Å²) >= 11 is 5.92. The van der Waals surface area contributed by atoms with Gasteiger partial charge in [0.15, 0.2) is 5.84 Å². The second kappa shape index (κ2) is 4.72. The molecule has 1 aromatic rings. The van der Waals surface area contributed by atoms with Crippen molar-refractivity contribution in [2.24, 2.45) is 10.9 Å². The van der Waals surface area contributed by atoms with Gasteiger partial charge in [-0.25, -0.2) is 0 Å². The summed E-state index contributed by atoms with van der Waals surface area (Å²) in [6.07, 6.45) is 0. The highest BCUT2D eigenvalue weighted by molar-refractivity contribution is 6.33. The van der Waals surface area contributed by atoms with Crippen LogP contribution in [0.1, 0.15) is 5.56 Å². The number of nitrogens with two attached hydrogens (primary N) is 1. The summed E-state index contributed by atoms with van der Waals surface area (Å²) in [5, 5.41) is 14.7. The molecule has 4 nitrogen and oxygen atoms in total. The first kappa shape index (κ1) is 10.7. The second-order valence-electron chi connectivity index (χ2n) is 2.93. The Labute approximate surface area is 87.4 Å². The third-order valence-corrected chi connectivity index (χ3v) is 2.04. The topological polar surface area (TPSA) is 70.6 Å². The zero-order valence-electron chi connectivity index (χ0n) is 7.79. The molecule has 14 heavy (non-hydrogen) atoms. The molecule has 76 valence electrons. The van der Waals surface area contributed by atoms with Crippen LogP contribution in [0.15, 0.2) is 23.4 Å². The molecule has 0 spiro atoms. The summed E-state index contributed by atoms with van der Waals surface area (Å²) in [5.74, 6) is 0.113. The van der Waals surface area contributed by atoms with Gasteiger partial charge in [-0.3, -0.25) is 0 Å². The van der Waals surface area contributed by atoms with Crippen LogP contribution in [0.5, 0.6) is 0 Å². The SMILES string of the molecule is Cc1ccc(Cl)c(NC/C(N)=N/O)c1. The van der Waals surface area contributed by atoms with Gasteiger partial charge in [0, 0.05) is 0 Å². The van der Waals surface area contributed by atoms with Crippen LogP contribution in [0.4, 0.5) is 5.69 Å². The van der Waals surface area contributed by atoms with E-state index >= 15 is 0 Å². The van der Waals surface area contributed by atoms with Crippen molar-refractivity contribution in [1.82, 2.24) is 0 Å². The molecule has 5 heteroatoms. The van der Waals surface area contributed by atoms with Crippen molar-refractivity contribution in [3.63, 3.8) is 0 Å². The van der Waals surface area contributed by atoms with Gasteiger partial charge in [0.05, 0.1) is 17.3 Å². The Kier molecular flexibility index (Phi) is 3.59. The third-order valence-electron chi connectivity index (χ3n) is 1.71. The maximum absolute atomic E-state index is 8.33. The first-order chi connectivity index (χ1) is 6.63. The minimum atomic E-state index is 0.113. The Balaban J connectivity index is 2.71. The predicted octanol–water partition coefficient (Wildman–Crippen LogP) is 1.81. The Bertz CT molecular complexity index is 352. The zero-order valence-corrected chi connectivity index (χ0v) is 8.54. The fraction of sp³-hybridized carbons (Fsp3) is 0.222. The highest BCUT2D eigenvalue weighted by Crippen LogP contribution is 2.22. The molecule has 0 saturated heterocycles. The van der Waals surface area contributed by atoms with Gasteiger partial charge in [-0.2, -0.15) is 0 Å². The molecule has 0 fully saturated rings. The Hall–Kier alpha value is -1.42. The lowest BCUT2D eigenvalue weighted by Gasteiger charge is -2.07. The van der Waals surface area contributed by atoms with E-state index in [0.717, 1.165) is 11.3 Å². The first-order valence-corrected chi connectivity index (χ1v) is 4.47. The normalized spacial score (nSPS) is 11.4. The highest BCUT2D eigenvalue weighted by atomic mass is 35.5. The molecule has 4 N–H and O–H groups in total. The molecule has 0 aliphatic carbocycles. The number of anilines is 1. The summed E-state index contributed by atoms with van der Waals surface area (Å²) < 4.78 is 0. The number of nitrogens with zero attached hydrogens (tertiary/aromatic N) is 1. The van der Waals surface area contributed by atoms with Gasteiger partial charge in [-0.15, -0.1) is 0 Å². The molecule has 0 saturated carbocycles. The molecule has 0 unspecified atom stereocenters. The van der Waals surface area contributed by atoms with Crippen molar-refractivity contribution in [2.75, 3.05) is 11.9 Å². The number of nitrogens with one attached hydrogen (secondary N) is 1. The van der Waals surface area contributed by atoms with E-state index in [1.165, 1.54) is 0 Å². The van der Waals surface area contributed by atoms with Crippen LogP contribution in [-0.2, 0) is 0 Å². The van der Waals surface area contributed by atoms with Crippen molar-refractivity contribution >= 4 is 23.1 Å². The average Bonchev–Trinajstić information content (AvgIpc) is 2.19. The number of hydrogen-bond acceptors (Lipinski definition) is 3. The molecule has 1 aromatic carbocycles. The fourth-order valence-corrected chi connectivity index (χ4v) is 1.18. The van der Waals surface area contributed by atoms with Crippen LogP contribution in [-0.4, -0.2) is 17.6 Å². The lowest BCUT2D eigenvalue weighted by atomic mass is 10.2. The van der Waals surface area contributed by atoms with Crippen LogP contribution >= 0.6 is 11.6 Å². The van der Waals surface area contributed by atoms with Crippen LogP contribution in [0, 0.1) is 6.92 Å². The molecule has 0 amide bonds. The summed E-state index contributed by atoms with van der Waals surface area (Å²) in [7, 11) is 0. The lowest BCUT2D eigenvalue weighted by molar-refractivity contribution is 0.317. The average molecular weight is 214 g/mol. The van der Waals surface area contributed by atoms with E-state index in [1.807, 2.05) is 19.1 Å². The lowest BCUT2D eigenvalue weighted by Crippen LogP contribution is -2.22. The van der Waals surface area contributed by atoms with E-state index in [4.69, 9.17) is 22.5 Å². The minimum absolute atomic E-state index is 0.113. The molecule has 0 bridgehead atoms. The van der Waals surface area contributed by atoms with Crippen LogP contribution < -0.4 is 11.1 Å². The van der Waals surface area contributed by atoms with E-state index in [1.54, 1.807) is 6.07 Å². The van der Waals surface area contributed by atoms with Crippen LogP contribution in [0.2, 0.25) is 5.02 Å². The van der Waals surface area contributed by atoms with Gasteiger partial charge in [0.25, 0.3) is 0 Å². The smallest absolute Gasteiger partial charge is 0.158 e. The largest absolute Gasteiger partial charge is 0.409 e. The standard InChI is InChI=1S/C9H12ClN3O/c1-6-2-3-7(10)8(4-6)12-5-9(11)13-14/h2-4,12,14H,5H2,1H3,(H2,11,13). The first-order valence-electron chi connectivity index (χ1n) is 4.10. The molecule has 0 radical (unpaired) electrons. The Morgan fingerprint density at radius 3 is 3.00 bits per heavy atom. The Morgan fingerprint density at radius 1 is 1.64 bits per heavy atom. The van der Waals surface area contributed by atoms with E-state index < -0.39 is 0 Å². The minimum Gasteiger partial charge on any atom is -0.409 e. The van der Waals surface area contributed by atoms with E-state index in [-0.39, 0.29) is 12.4 Å². The fourth-order valence-electron chi connectivity index (χ4n) is 0.996. The van der Waals surface area contributed by atoms with E-state index in [9.17, 15) is 0 Å². The number of oxime groups is 1. The molecule has 0 aliphatic rings. The van der Waals surface area contributed by atoms with Crippen LogP contribution in [0.25, 0.3) is 0 Å². The molecule has 1 rings (SSSR count). The number of hydrogen-bond donors (Lipinski definition) is 3. The predicted molar refractivity (Wildman–Crippen MR) is 58.1 cm³/mol. The molecule has 0 aromatic heterocycles. The maximum Gasteiger partial charge on any atom is 0.158 e. The van der Waals surface area contributed by atoms with Gasteiger partial charge in [0.1, 0.15) is 0 Å². The molecular weight excluding hydrogens is 202 g/mol. The van der Waals surface area contributed by atoms with Crippen LogP contribution in [0.3, 0.4) is 0 Å². The summed E-state index contributed by atoms with van der Waals surface area (Å²) in [4.78, 5) is 0. The summed E-state index contributed by atoms with van der Waals surface area (Å²) in [6, 6.07) is 5.61. The van der Waals surface area contributed by atoms with Gasteiger partial charge < -0.3 is 16.3 Å². The molecule has 0 aliphatic heterocycles. The van der Waals surface area contributed by atoms with Gasteiger partial charge >= 0.3 is 0 Å². The molecule has 0 heterocycles. The van der Waals surface area contributed by atoms with Gasteiger partial charge in [-0.05, 0) is 24.6 Å². The third kappa shape index (κ3) is 2.81. The number of rotatable bonds is 3. The van der Waals surface area contributed by atoms with E-state index in [2.05, 4.69) is 10.5 Å². The molecular formula is C9H12ClN3O. The van der Waals surface area contributed by atoms with Crippen molar-refractivity contribution < 1.29 is 5.21 Å². The van der Waals surface area contributed by atoms with Crippen molar-refractivity contribution in [3.05, 3.63) is 28.8 Å². The number of aryl methyl sites for hydroxylation is 1. The van der Waals surface area contributed by atoms with Crippen molar-refractivity contribution in [3.8, 4) is 0 Å². The quantitative estimate of drug-likeness (QED) is 0.310. The number of halogens is 1. The second-order valence-corrected chi connectivity index (χ2v) is 3.34. The van der Waals surface area contributed by atoms with E-state index in [0.29, 0.717) is 5.02 Å². The Morgan fingerprint density at radius 2 is 2.36 bits per heavy atom. The summed E-state index contributed by atoms with van der Waals surface area (Å²) in [6.45, 7) is 2.23. The number of amidine groups is 1. The number of benzene rings is 1. The zero-order chi connectivity index (χ0) is 10.6. The van der Waals surface area contributed by atoms with Crippen molar-refractivity contribution in [2.45, 2.75) is 6.92 Å². The highest BCUT2D eigenvalue weighted by Gasteiger charge is 2.00. The van der Waals surface area contributed by atoms with Gasteiger partial charge in [0.2, 0.25) is 0 Å².